The molecule has 1 aliphatic heterocycles. The van der Waals surface area contributed by atoms with E-state index < -0.39 is 0 Å². The van der Waals surface area contributed by atoms with Crippen molar-refractivity contribution in [3.05, 3.63) is 47.9 Å². The first-order chi connectivity index (χ1) is 11.6. The van der Waals surface area contributed by atoms with Crippen LogP contribution >= 0.6 is 0 Å². The number of hydrogen-bond donors (Lipinski definition) is 1. The second-order valence-electron chi connectivity index (χ2n) is 6.03. The number of furan rings is 1. The van der Waals surface area contributed by atoms with Gasteiger partial charge in [0.1, 0.15) is 0 Å². The second-order valence-corrected chi connectivity index (χ2v) is 6.03. The predicted molar refractivity (Wildman–Crippen MR) is 93.2 cm³/mol. The molecule has 1 aliphatic rings. The van der Waals surface area contributed by atoms with Crippen LogP contribution in [0.25, 0.3) is 0 Å². The molecule has 0 saturated carbocycles. The van der Waals surface area contributed by atoms with E-state index in [9.17, 15) is 9.59 Å². The fourth-order valence-electron chi connectivity index (χ4n) is 3.13. The van der Waals surface area contributed by atoms with Gasteiger partial charge in [0.15, 0.2) is 5.76 Å². The highest BCUT2D eigenvalue weighted by Gasteiger charge is 2.27. The zero-order valence-electron chi connectivity index (χ0n) is 14.0. The summed E-state index contributed by atoms with van der Waals surface area (Å²) in [6, 6.07) is 9.09. The smallest absolute Gasteiger partial charge is 0.293 e. The Labute approximate surface area is 141 Å². The molecule has 1 N–H and O–H groups in total. The van der Waals surface area contributed by atoms with Crippen molar-refractivity contribution in [3.63, 3.8) is 0 Å². The molecule has 3 rings (SSSR count). The van der Waals surface area contributed by atoms with Crippen LogP contribution in [0.1, 0.15) is 42.8 Å². The highest BCUT2D eigenvalue weighted by molar-refractivity contribution is 6.05. The largest absolute Gasteiger partial charge is 0.459 e. The Kier molecular flexibility index (Phi) is 4.69. The van der Waals surface area contributed by atoms with Gasteiger partial charge in [0, 0.05) is 23.8 Å². The topological polar surface area (TPSA) is 62.6 Å². The monoisotopic (exact) mass is 326 g/mol. The molecule has 0 bridgehead atoms. The van der Waals surface area contributed by atoms with E-state index in [1.165, 1.54) is 6.26 Å². The lowest BCUT2D eigenvalue weighted by molar-refractivity contribution is -0.120. The molecule has 0 spiro atoms. The third kappa shape index (κ3) is 3.07. The minimum atomic E-state index is -0.132. The quantitative estimate of drug-likeness (QED) is 0.907. The molecular formula is C19H22N2O3. The van der Waals surface area contributed by atoms with Crippen molar-refractivity contribution in [1.82, 2.24) is 0 Å². The van der Waals surface area contributed by atoms with E-state index >= 15 is 0 Å². The lowest BCUT2D eigenvalue weighted by atomic mass is 10.0. The molecule has 0 unspecified atom stereocenters. The molecule has 5 nitrogen and oxygen atoms in total. The molecular weight excluding hydrogens is 304 g/mol. The van der Waals surface area contributed by atoms with Crippen molar-refractivity contribution in [3.8, 4) is 0 Å². The van der Waals surface area contributed by atoms with Crippen molar-refractivity contribution >= 4 is 23.2 Å². The maximum Gasteiger partial charge on any atom is 0.293 e. The summed E-state index contributed by atoms with van der Waals surface area (Å²) >= 11 is 0. The average Bonchev–Trinajstić information content (AvgIpc) is 3.25. The molecule has 1 aromatic heterocycles. The average molecular weight is 326 g/mol. The predicted octanol–water partition coefficient (Wildman–Crippen LogP) is 3.86. The zero-order valence-corrected chi connectivity index (χ0v) is 14.0. The van der Waals surface area contributed by atoms with Gasteiger partial charge in [-0.3, -0.25) is 9.59 Å². The van der Waals surface area contributed by atoms with Gasteiger partial charge >= 0.3 is 0 Å². The Balaban J connectivity index is 1.76. The summed E-state index contributed by atoms with van der Waals surface area (Å²) < 4.78 is 5.20. The molecule has 2 heterocycles. The van der Waals surface area contributed by atoms with Crippen molar-refractivity contribution in [2.75, 3.05) is 16.8 Å². The van der Waals surface area contributed by atoms with E-state index in [0.717, 1.165) is 36.2 Å². The first kappa shape index (κ1) is 16.3. The van der Waals surface area contributed by atoms with E-state index in [0.29, 0.717) is 12.3 Å². The van der Waals surface area contributed by atoms with Crippen molar-refractivity contribution < 1.29 is 14.0 Å². The minimum absolute atomic E-state index is 0.0373. The summed E-state index contributed by atoms with van der Waals surface area (Å²) in [5, 5.41) is 2.98. The molecule has 126 valence electrons. The Morgan fingerprint density at radius 2 is 2.04 bits per heavy atom. The maximum atomic E-state index is 12.5. The van der Waals surface area contributed by atoms with E-state index in [2.05, 4.69) is 5.32 Å². The number of carbonyl (C=O) groups excluding carboxylic acids is 2. The van der Waals surface area contributed by atoms with Crippen LogP contribution in [0.2, 0.25) is 0 Å². The molecule has 2 amide bonds. The minimum Gasteiger partial charge on any atom is -0.459 e. The van der Waals surface area contributed by atoms with Crippen LogP contribution in [0, 0.1) is 5.92 Å². The van der Waals surface area contributed by atoms with Crippen LogP contribution in [-0.4, -0.2) is 18.4 Å². The van der Waals surface area contributed by atoms with Crippen molar-refractivity contribution in [1.29, 1.82) is 0 Å². The molecule has 0 saturated heterocycles. The normalized spacial score (nSPS) is 13.2. The molecule has 24 heavy (non-hydrogen) atoms. The Morgan fingerprint density at radius 1 is 1.25 bits per heavy atom. The Morgan fingerprint density at radius 3 is 2.71 bits per heavy atom. The maximum absolute atomic E-state index is 12.5. The Hall–Kier alpha value is -2.56. The van der Waals surface area contributed by atoms with Gasteiger partial charge in [-0.25, -0.2) is 0 Å². The van der Waals surface area contributed by atoms with E-state index in [1.54, 1.807) is 17.0 Å². The Bertz CT molecular complexity index is 733. The van der Waals surface area contributed by atoms with E-state index in [-0.39, 0.29) is 17.7 Å². The third-order valence-electron chi connectivity index (χ3n) is 4.58. The fourth-order valence-corrected chi connectivity index (χ4v) is 3.13. The summed E-state index contributed by atoms with van der Waals surface area (Å²) in [6.45, 7) is 4.67. The van der Waals surface area contributed by atoms with Gasteiger partial charge in [-0.05, 0) is 55.2 Å². The van der Waals surface area contributed by atoms with Crippen LogP contribution in [0.3, 0.4) is 0 Å². The highest BCUT2D eigenvalue weighted by Crippen LogP contribution is 2.32. The summed E-state index contributed by atoms with van der Waals surface area (Å²) in [6.07, 6.45) is 3.94. The van der Waals surface area contributed by atoms with Gasteiger partial charge in [0.25, 0.3) is 5.91 Å². The third-order valence-corrected chi connectivity index (χ3v) is 4.58. The standard InChI is InChI=1S/C19H22N2O3/c1-3-13(4-2)18(22)20-15-7-8-16-14(12-15)9-10-21(16)19(23)17-6-5-11-24-17/h5-8,11-13H,3-4,9-10H2,1-2H3,(H,20,22). The van der Waals surface area contributed by atoms with E-state index in [4.69, 9.17) is 4.42 Å². The van der Waals surface area contributed by atoms with Gasteiger partial charge in [0.05, 0.1) is 6.26 Å². The second kappa shape index (κ2) is 6.91. The highest BCUT2D eigenvalue weighted by atomic mass is 16.3. The zero-order chi connectivity index (χ0) is 17.1. The van der Waals surface area contributed by atoms with E-state index in [1.807, 2.05) is 32.0 Å². The van der Waals surface area contributed by atoms with Crippen molar-refractivity contribution in [2.24, 2.45) is 5.92 Å². The van der Waals surface area contributed by atoms with Gasteiger partial charge in [-0.2, -0.15) is 0 Å². The number of amides is 2. The lowest BCUT2D eigenvalue weighted by Crippen LogP contribution is -2.28. The molecule has 0 radical (unpaired) electrons. The van der Waals surface area contributed by atoms with Crippen LogP contribution in [0.5, 0.6) is 0 Å². The summed E-state index contributed by atoms with van der Waals surface area (Å²) in [5.74, 6) is 0.304. The molecule has 1 aromatic carbocycles. The molecule has 2 aromatic rings. The molecule has 0 atom stereocenters. The first-order valence-electron chi connectivity index (χ1n) is 8.43. The summed E-state index contributed by atoms with van der Waals surface area (Å²) in [4.78, 5) is 26.4. The number of fused-ring (bicyclic) bond motifs is 1. The van der Waals surface area contributed by atoms with Crippen LogP contribution in [0.15, 0.2) is 41.0 Å². The molecule has 5 heteroatoms. The fraction of sp³-hybridized carbons (Fsp3) is 0.368. The number of hydrogen-bond acceptors (Lipinski definition) is 3. The molecule has 0 aliphatic carbocycles. The van der Waals surface area contributed by atoms with Crippen molar-refractivity contribution in [2.45, 2.75) is 33.1 Å². The number of rotatable bonds is 5. The van der Waals surface area contributed by atoms with Gasteiger partial charge in [0.2, 0.25) is 5.91 Å². The first-order valence-corrected chi connectivity index (χ1v) is 8.43. The lowest BCUT2D eigenvalue weighted by Gasteiger charge is -2.17. The van der Waals surface area contributed by atoms with Gasteiger partial charge in [-0.1, -0.05) is 13.8 Å². The summed E-state index contributed by atoms with van der Waals surface area (Å²) in [7, 11) is 0. The van der Waals surface area contributed by atoms with Crippen LogP contribution < -0.4 is 10.2 Å². The SMILES string of the molecule is CCC(CC)C(=O)Nc1ccc2c(c1)CCN2C(=O)c1ccco1. The number of benzene rings is 1. The number of nitrogens with one attached hydrogen (secondary N) is 1. The van der Waals surface area contributed by atoms with Crippen LogP contribution in [0.4, 0.5) is 11.4 Å². The number of carbonyl (C=O) groups is 2. The summed E-state index contributed by atoms with van der Waals surface area (Å²) in [5.41, 5.74) is 2.74. The molecule has 0 fully saturated rings. The van der Waals surface area contributed by atoms with Crippen LogP contribution in [-0.2, 0) is 11.2 Å². The van der Waals surface area contributed by atoms with Gasteiger partial charge in [-0.15, -0.1) is 0 Å². The van der Waals surface area contributed by atoms with Gasteiger partial charge < -0.3 is 14.6 Å². The number of anilines is 2. The number of nitrogens with zero attached hydrogens (tertiary/aromatic N) is 1.